The maximum Gasteiger partial charge on any atom is 0 e. The Kier molecular flexibility index (Phi) is 53.2. The molecule has 6 heteroatoms. The van der Waals surface area contributed by atoms with E-state index < -0.39 is 0 Å². The van der Waals surface area contributed by atoms with Crippen molar-refractivity contribution in [2.45, 2.75) is 89.0 Å². The van der Waals surface area contributed by atoms with Gasteiger partial charge in [-0.3, -0.25) is 0 Å². The molecule has 0 aliphatic carbocycles. The summed E-state index contributed by atoms with van der Waals surface area (Å²) in [6.07, 6.45) is 2.54. The third-order valence-electron chi connectivity index (χ3n) is 2.12. The van der Waals surface area contributed by atoms with E-state index in [1.165, 1.54) is 12.8 Å². The van der Waals surface area contributed by atoms with Crippen molar-refractivity contribution in [3.05, 3.63) is 0 Å². The molecule has 0 amide bonds. The van der Waals surface area contributed by atoms with E-state index in [0.29, 0.717) is 10.8 Å². The van der Waals surface area contributed by atoms with Crippen LogP contribution in [0.25, 0.3) is 0 Å². The highest BCUT2D eigenvalue weighted by Crippen LogP contribution is 2.16. The molecule has 0 rings (SSSR count). The van der Waals surface area contributed by atoms with Crippen molar-refractivity contribution in [2.24, 2.45) is 16.7 Å². The van der Waals surface area contributed by atoms with Gasteiger partial charge in [-0.25, -0.2) is 0 Å². The Hall–Kier alpha value is 1.32. The molecule has 0 aromatic rings. The third-order valence-corrected chi connectivity index (χ3v) is 2.12. The molecule has 0 radical (unpaired) electrons. The standard InChI is InChI=1S/2C6H14.C4H10.3S2/c2*1-5-6(2,3)4;1-4(2)3;3*1-2/h2*5H2,1-4H3;4H,1-3H3;;;. The van der Waals surface area contributed by atoms with E-state index in [-0.39, 0.29) is 0 Å². The fourth-order valence-electron chi connectivity index (χ4n) is 0. The molecule has 0 saturated carbocycles. The lowest BCUT2D eigenvalue weighted by Crippen LogP contribution is -2.00. The zero-order valence-corrected chi connectivity index (χ0v) is 21.3. The molecule has 0 atom stereocenters. The van der Waals surface area contributed by atoms with Gasteiger partial charge >= 0.3 is 0 Å². The Morgan fingerprint density at radius 2 is 0.591 bits per heavy atom. The molecule has 0 saturated heterocycles. The smallest absolute Gasteiger partial charge is 0 e. The summed E-state index contributed by atoms with van der Waals surface area (Å²) in [6, 6.07) is 0. The van der Waals surface area contributed by atoms with E-state index in [4.69, 9.17) is 0 Å². The summed E-state index contributed by atoms with van der Waals surface area (Å²) < 4.78 is 0. The molecule has 0 nitrogen and oxygen atoms in total. The van der Waals surface area contributed by atoms with Crippen molar-refractivity contribution in [3.8, 4) is 0 Å². The molecule has 0 bridgehead atoms. The summed E-state index contributed by atoms with van der Waals surface area (Å²) in [5.74, 6) is 0.833. The van der Waals surface area contributed by atoms with Crippen LogP contribution in [0.5, 0.6) is 0 Å². The van der Waals surface area contributed by atoms with Crippen LogP contribution in [0.15, 0.2) is 0 Å². The van der Waals surface area contributed by atoms with Crippen LogP contribution in [-0.2, 0) is 67.1 Å². The van der Waals surface area contributed by atoms with Crippen LogP contribution in [0.2, 0.25) is 0 Å². The van der Waals surface area contributed by atoms with Gasteiger partial charge in [-0.1, -0.05) is 89.0 Å². The molecule has 0 heterocycles. The maximum absolute atomic E-state index is 3.67. The van der Waals surface area contributed by atoms with Crippen molar-refractivity contribution in [1.29, 1.82) is 0 Å². The minimum absolute atomic E-state index is 0.542. The molecule has 0 spiro atoms. The second kappa shape index (κ2) is 30.2. The van der Waals surface area contributed by atoms with Gasteiger partial charge in [-0.15, -0.1) is 0 Å². The average Bonchev–Trinajstić information content (AvgIpc) is 2.44. The fraction of sp³-hybridized carbons (Fsp3) is 1.00. The fourth-order valence-corrected chi connectivity index (χ4v) is 0. The van der Waals surface area contributed by atoms with Gasteiger partial charge in [0.2, 0.25) is 0 Å². The first-order chi connectivity index (χ1) is 9.85. The van der Waals surface area contributed by atoms with E-state index in [1.54, 1.807) is 0 Å². The molecule has 0 aliphatic heterocycles. The van der Waals surface area contributed by atoms with E-state index in [2.05, 4.69) is 143 Å². The van der Waals surface area contributed by atoms with Crippen LogP contribution in [-0.4, -0.2) is 0 Å². The highest BCUT2D eigenvalue weighted by Gasteiger charge is 2.03. The van der Waals surface area contributed by atoms with Gasteiger partial charge in [0.15, 0.2) is 0 Å². The first-order valence-corrected chi connectivity index (χ1v) is 11.4. The topological polar surface area (TPSA) is 0 Å². The van der Waals surface area contributed by atoms with Crippen molar-refractivity contribution in [2.75, 3.05) is 0 Å². The molecule has 0 aromatic heterocycles. The first-order valence-electron chi connectivity index (χ1n) is 7.35. The number of hydrogen-bond acceptors (Lipinski definition) is 6. The van der Waals surface area contributed by atoms with Gasteiger partial charge in [0.1, 0.15) is 0 Å². The molecule has 0 unspecified atom stereocenters. The summed E-state index contributed by atoms with van der Waals surface area (Å²) in [4.78, 5) is 0. The van der Waals surface area contributed by atoms with Gasteiger partial charge in [0, 0.05) is 67.1 Å². The average molecular weight is 423 g/mol. The zero-order chi connectivity index (χ0) is 20.0. The Bertz CT molecular complexity index is 149. The zero-order valence-electron chi connectivity index (χ0n) is 16.4. The number of rotatable bonds is 0. The minimum Gasteiger partial charge on any atom is -0.0649 e. The van der Waals surface area contributed by atoms with Gasteiger partial charge < -0.3 is 0 Å². The second-order valence-corrected chi connectivity index (χ2v) is 7.56. The predicted octanol–water partition coefficient (Wildman–Crippen LogP) is 6.53. The van der Waals surface area contributed by atoms with E-state index in [0.717, 1.165) is 5.92 Å². The van der Waals surface area contributed by atoms with Gasteiger partial charge in [0.25, 0.3) is 0 Å². The predicted molar refractivity (Wildman–Crippen MR) is 124 cm³/mol. The van der Waals surface area contributed by atoms with Gasteiger partial charge in [-0.05, 0) is 16.7 Å². The maximum atomic E-state index is 3.67. The summed E-state index contributed by atoms with van der Waals surface area (Å²) in [6.45, 7) is 24.4. The van der Waals surface area contributed by atoms with Crippen molar-refractivity contribution in [3.63, 3.8) is 0 Å². The van der Waals surface area contributed by atoms with Gasteiger partial charge in [-0.2, -0.15) is 0 Å². The van der Waals surface area contributed by atoms with Crippen LogP contribution in [0.4, 0.5) is 0 Å². The minimum atomic E-state index is 0.542. The lowest BCUT2D eigenvalue weighted by atomic mass is 9.94. The molecule has 138 valence electrons. The summed E-state index contributed by atoms with van der Waals surface area (Å²) in [7, 11) is 0. The first kappa shape index (κ1) is 38.7. The van der Waals surface area contributed by atoms with E-state index in [1.807, 2.05) is 0 Å². The van der Waals surface area contributed by atoms with Crippen LogP contribution < -0.4 is 0 Å². The Balaban J connectivity index is -0.0000000377. The molecule has 0 aromatic carbocycles. The number of hydrogen-bond donors (Lipinski definition) is 0. The molecule has 0 aliphatic rings. The molecule has 22 heavy (non-hydrogen) atoms. The monoisotopic (exact) mass is 422 g/mol. The van der Waals surface area contributed by atoms with Gasteiger partial charge in [0.05, 0.1) is 0 Å². The summed E-state index contributed by atoms with van der Waals surface area (Å²) in [5.41, 5.74) is 1.08. The summed E-state index contributed by atoms with van der Waals surface area (Å²) in [5, 5.41) is 0. The van der Waals surface area contributed by atoms with Crippen LogP contribution >= 0.6 is 0 Å². The molecule has 0 fully saturated rings. The van der Waals surface area contributed by atoms with Crippen molar-refractivity contribution < 1.29 is 0 Å². The summed E-state index contributed by atoms with van der Waals surface area (Å²) >= 11 is 22.0. The van der Waals surface area contributed by atoms with Crippen LogP contribution in [0.1, 0.15) is 89.0 Å². The normalized spacial score (nSPS) is 8.73. The largest absolute Gasteiger partial charge is 0.0649 e. The molecule has 0 N–H and O–H groups in total. The Morgan fingerprint density at radius 3 is 0.591 bits per heavy atom. The van der Waals surface area contributed by atoms with E-state index >= 15 is 0 Å². The Morgan fingerprint density at radius 1 is 0.545 bits per heavy atom. The lowest BCUT2D eigenvalue weighted by molar-refractivity contribution is 0.397. The van der Waals surface area contributed by atoms with Crippen LogP contribution in [0, 0.1) is 16.7 Å². The highest BCUT2D eigenvalue weighted by molar-refractivity contribution is 8.08. The Labute approximate surface area is 172 Å². The SMILES string of the molecule is CC(C)C.CCC(C)(C)C.CCC(C)(C)C.S=S.S=S.S=S. The van der Waals surface area contributed by atoms with Crippen molar-refractivity contribution in [1.82, 2.24) is 0 Å². The van der Waals surface area contributed by atoms with Crippen LogP contribution in [0.3, 0.4) is 0 Å². The second-order valence-electron chi connectivity index (χ2n) is 7.56. The lowest BCUT2D eigenvalue weighted by Gasteiger charge is -2.12. The third kappa shape index (κ3) is 164. The van der Waals surface area contributed by atoms with E-state index in [9.17, 15) is 0 Å². The molecular formula is C16H38S6. The molecular weight excluding hydrogens is 385 g/mol. The quantitative estimate of drug-likeness (QED) is 0.432. The van der Waals surface area contributed by atoms with Crippen molar-refractivity contribution >= 4 is 67.1 Å². The highest BCUT2D eigenvalue weighted by atomic mass is 32.8.